The lowest BCUT2D eigenvalue weighted by Gasteiger charge is -2.24. The van der Waals surface area contributed by atoms with Crippen LogP contribution in [0, 0.1) is 5.82 Å². The van der Waals surface area contributed by atoms with Crippen LogP contribution in [-0.2, 0) is 4.79 Å². The molecule has 1 amide bonds. The Morgan fingerprint density at radius 3 is 2.18 bits per heavy atom. The number of hydrogen-bond donors (Lipinski definition) is 0. The minimum absolute atomic E-state index is 0.0194. The molecule has 0 atom stereocenters. The van der Waals surface area contributed by atoms with Gasteiger partial charge in [-0.2, -0.15) is 0 Å². The lowest BCUT2D eigenvalue weighted by Crippen LogP contribution is -2.34. The van der Waals surface area contributed by atoms with Crippen LogP contribution in [0.3, 0.4) is 0 Å². The van der Waals surface area contributed by atoms with Crippen molar-refractivity contribution in [2.75, 3.05) is 32.1 Å². The predicted octanol–water partition coefficient (Wildman–Crippen LogP) is 5.94. The molecule has 4 rings (SSSR count). The summed E-state index contributed by atoms with van der Waals surface area (Å²) in [6.45, 7) is 1.43. The molecular formula is C27H28FN3OS. The molecule has 4 aromatic rings. The third-order valence-corrected chi connectivity index (χ3v) is 6.68. The van der Waals surface area contributed by atoms with Crippen LogP contribution >= 0.6 is 11.3 Å². The second-order valence-corrected chi connectivity index (χ2v) is 9.40. The molecule has 1 heterocycles. The van der Waals surface area contributed by atoms with Crippen molar-refractivity contribution in [3.8, 4) is 0 Å². The fourth-order valence-electron chi connectivity index (χ4n) is 3.96. The number of hydrogen-bond acceptors (Lipinski definition) is 4. The van der Waals surface area contributed by atoms with E-state index >= 15 is 0 Å². The first-order valence-electron chi connectivity index (χ1n) is 11.1. The lowest BCUT2D eigenvalue weighted by molar-refractivity contribution is -0.118. The zero-order chi connectivity index (χ0) is 23.2. The summed E-state index contributed by atoms with van der Waals surface area (Å²) in [4.78, 5) is 22.3. The van der Waals surface area contributed by atoms with Gasteiger partial charge < -0.3 is 4.90 Å². The molecule has 170 valence electrons. The molecule has 0 fully saturated rings. The Labute approximate surface area is 198 Å². The lowest BCUT2D eigenvalue weighted by atomic mass is 9.88. The van der Waals surface area contributed by atoms with Crippen LogP contribution in [0.1, 0.15) is 29.9 Å². The van der Waals surface area contributed by atoms with Gasteiger partial charge in [-0.25, -0.2) is 9.37 Å². The number of benzene rings is 3. The van der Waals surface area contributed by atoms with Crippen molar-refractivity contribution in [1.29, 1.82) is 0 Å². The first kappa shape index (κ1) is 23.1. The number of rotatable bonds is 9. The molecule has 0 aliphatic heterocycles. The average molecular weight is 462 g/mol. The van der Waals surface area contributed by atoms with Gasteiger partial charge in [-0.1, -0.05) is 72.0 Å². The summed E-state index contributed by atoms with van der Waals surface area (Å²) in [6.07, 6.45) is 1.16. The van der Waals surface area contributed by atoms with Crippen LogP contribution in [0.4, 0.5) is 9.52 Å². The molecule has 0 unspecified atom stereocenters. The molecule has 0 spiro atoms. The van der Waals surface area contributed by atoms with Crippen LogP contribution in [0.2, 0.25) is 0 Å². The molecule has 0 saturated heterocycles. The van der Waals surface area contributed by atoms with Gasteiger partial charge in [-0.05, 0) is 56.4 Å². The Balaban J connectivity index is 1.65. The van der Waals surface area contributed by atoms with E-state index in [9.17, 15) is 9.18 Å². The molecule has 0 aliphatic rings. The van der Waals surface area contributed by atoms with Gasteiger partial charge in [-0.15, -0.1) is 0 Å². The molecule has 0 bridgehead atoms. The second-order valence-electron chi connectivity index (χ2n) is 8.39. The number of halogens is 1. The topological polar surface area (TPSA) is 36.4 Å². The Morgan fingerprint density at radius 1 is 0.939 bits per heavy atom. The van der Waals surface area contributed by atoms with Crippen molar-refractivity contribution in [2.24, 2.45) is 0 Å². The first-order valence-corrected chi connectivity index (χ1v) is 11.9. The molecule has 0 N–H and O–H groups in total. The van der Waals surface area contributed by atoms with E-state index in [0.29, 0.717) is 23.6 Å². The van der Waals surface area contributed by atoms with Crippen molar-refractivity contribution in [3.05, 3.63) is 95.8 Å². The molecule has 0 radical (unpaired) electrons. The van der Waals surface area contributed by atoms with Crippen LogP contribution < -0.4 is 4.90 Å². The number of fused-ring (bicyclic) bond motifs is 1. The molecule has 1 aromatic heterocycles. The number of aromatic nitrogens is 1. The van der Waals surface area contributed by atoms with Crippen LogP contribution in [0.15, 0.2) is 78.9 Å². The van der Waals surface area contributed by atoms with Gasteiger partial charge in [-0.3, -0.25) is 9.69 Å². The summed E-state index contributed by atoms with van der Waals surface area (Å²) in [7, 11) is 4.04. The molecule has 6 heteroatoms. The van der Waals surface area contributed by atoms with E-state index in [1.54, 1.807) is 11.0 Å². The number of carbonyl (C=O) groups is 1. The third-order valence-electron chi connectivity index (χ3n) is 5.64. The summed E-state index contributed by atoms with van der Waals surface area (Å²) in [5, 5.41) is 0.624. The minimum atomic E-state index is -0.295. The fraction of sp³-hybridized carbons (Fsp3) is 0.259. The van der Waals surface area contributed by atoms with Crippen molar-refractivity contribution in [3.63, 3.8) is 0 Å². The summed E-state index contributed by atoms with van der Waals surface area (Å²) in [6, 6.07) is 24.8. The molecule has 3 aromatic carbocycles. The predicted molar refractivity (Wildman–Crippen MR) is 134 cm³/mol. The van der Waals surface area contributed by atoms with Gasteiger partial charge in [0.15, 0.2) is 5.13 Å². The van der Waals surface area contributed by atoms with Crippen LogP contribution in [-0.4, -0.2) is 43.0 Å². The summed E-state index contributed by atoms with van der Waals surface area (Å²) >= 11 is 1.37. The van der Waals surface area contributed by atoms with E-state index in [1.165, 1.54) is 23.5 Å². The molecule has 4 nitrogen and oxygen atoms in total. The Bertz CT molecular complexity index is 1150. The van der Waals surface area contributed by atoms with Gasteiger partial charge in [0.1, 0.15) is 5.82 Å². The largest absolute Gasteiger partial charge is 0.309 e. The van der Waals surface area contributed by atoms with Gasteiger partial charge >= 0.3 is 0 Å². The standard InChI is InChI=1S/C27H28FN3OS/c1-30(2)16-9-17-31(27-29-24-15-14-22(28)18-25(24)33-27)26(32)19-23(20-10-5-3-6-11-20)21-12-7-4-8-13-21/h3-8,10-15,18,23H,9,16-17,19H2,1-2H3. The van der Waals surface area contributed by atoms with Gasteiger partial charge in [0.25, 0.3) is 0 Å². The molecule has 0 aliphatic carbocycles. The number of amides is 1. The number of nitrogens with zero attached hydrogens (tertiary/aromatic N) is 3. The van der Waals surface area contributed by atoms with E-state index in [1.807, 2.05) is 50.5 Å². The van der Waals surface area contributed by atoms with Crippen LogP contribution in [0.25, 0.3) is 10.2 Å². The second kappa shape index (κ2) is 10.7. The summed E-state index contributed by atoms with van der Waals surface area (Å²) in [5.74, 6) is -0.328. The van der Waals surface area contributed by atoms with Crippen molar-refractivity contribution in [2.45, 2.75) is 18.8 Å². The number of anilines is 1. The first-order chi connectivity index (χ1) is 16.0. The molecule has 0 saturated carbocycles. The highest BCUT2D eigenvalue weighted by molar-refractivity contribution is 7.22. The highest BCUT2D eigenvalue weighted by Crippen LogP contribution is 2.33. The number of carbonyl (C=O) groups excluding carboxylic acids is 1. The van der Waals surface area contributed by atoms with E-state index in [-0.39, 0.29) is 17.6 Å². The van der Waals surface area contributed by atoms with Crippen molar-refractivity contribution in [1.82, 2.24) is 9.88 Å². The SMILES string of the molecule is CN(C)CCCN(C(=O)CC(c1ccccc1)c1ccccc1)c1nc2ccc(F)cc2s1. The van der Waals surface area contributed by atoms with Crippen molar-refractivity contribution >= 4 is 32.6 Å². The highest BCUT2D eigenvalue weighted by Gasteiger charge is 2.25. The third kappa shape index (κ3) is 5.83. The highest BCUT2D eigenvalue weighted by atomic mass is 32.1. The smallest absolute Gasteiger partial charge is 0.229 e. The number of thiazole rings is 1. The normalized spacial score (nSPS) is 11.4. The summed E-state index contributed by atoms with van der Waals surface area (Å²) < 4.78 is 14.5. The van der Waals surface area contributed by atoms with Gasteiger partial charge in [0, 0.05) is 18.9 Å². The van der Waals surface area contributed by atoms with Gasteiger partial charge in [0.05, 0.1) is 10.2 Å². The average Bonchev–Trinajstić information content (AvgIpc) is 3.23. The maximum atomic E-state index is 13.7. The quantitative estimate of drug-likeness (QED) is 0.309. The minimum Gasteiger partial charge on any atom is -0.309 e. The maximum Gasteiger partial charge on any atom is 0.229 e. The van der Waals surface area contributed by atoms with Gasteiger partial charge in [0.2, 0.25) is 5.91 Å². The van der Waals surface area contributed by atoms with Crippen LogP contribution in [0.5, 0.6) is 0 Å². The fourth-order valence-corrected chi connectivity index (χ4v) is 4.99. The molecular weight excluding hydrogens is 433 g/mol. The van der Waals surface area contributed by atoms with E-state index in [4.69, 9.17) is 0 Å². The monoisotopic (exact) mass is 461 g/mol. The Kier molecular flexibility index (Phi) is 7.47. The van der Waals surface area contributed by atoms with E-state index < -0.39 is 0 Å². The summed E-state index contributed by atoms with van der Waals surface area (Å²) in [5.41, 5.74) is 2.93. The Hall–Kier alpha value is -3.09. The zero-order valence-corrected chi connectivity index (χ0v) is 19.8. The van der Waals surface area contributed by atoms with Crippen molar-refractivity contribution < 1.29 is 9.18 Å². The zero-order valence-electron chi connectivity index (χ0n) is 18.9. The van der Waals surface area contributed by atoms with E-state index in [2.05, 4.69) is 34.1 Å². The maximum absolute atomic E-state index is 13.7. The van der Waals surface area contributed by atoms with E-state index in [0.717, 1.165) is 28.8 Å². The Morgan fingerprint density at radius 2 is 1.58 bits per heavy atom. The molecule has 33 heavy (non-hydrogen) atoms.